The van der Waals surface area contributed by atoms with Gasteiger partial charge in [0.2, 0.25) is 0 Å². The Balaban J connectivity index is 2.71. The molecule has 1 N–H and O–H groups in total. The molecule has 0 amide bonds. The Hall–Kier alpha value is -0.570. The SMILES string of the molecule is CC(C)C(Nc1cncs1)C(C)(C)C. The minimum atomic E-state index is 0.276. The summed E-state index contributed by atoms with van der Waals surface area (Å²) in [6.07, 6.45) is 1.89. The smallest absolute Gasteiger partial charge is 0.109 e. The Morgan fingerprint density at radius 1 is 1.36 bits per heavy atom. The molecule has 3 heteroatoms. The molecule has 1 atom stereocenters. The number of anilines is 1. The third-order valence-corrected chi connectivity index (χ3v) is 3.03. The van der Waals surface area contributed by atoms with E-state index in [2.05, 4.69) is 44.9 Å². The van der Waals surface area contributed by atoms with E-state index in [-0.39, 0.29) is 5.41 Å². The van der Waals surface area contributed by atoms with E-state index >= 15 is 0 Å². The number of rotatable bonds is 3. The summed E-state index contributed by atoms with van der Waals surface area (Å²) in [7, 11) is 0. The molecular weight excluding hydrogens is 192 g/mol. The van der Waals surface area contributed by atoms with Crippen molar-refractivity contribution in [1.82, 2.24) is 4.98 Å². The van der Waals surface area contributed by atoms with Crippen LogP contribution in [0.4, 0.5) is 5.00 Å². The van der Waals surface area contributed by atoms with Crippen LogP contribution in [-0.2, 0) is 0 Å². The molecule has 1 unspecified atom stereocenters. The highest BCUT2D eigenvalue weighted by Crippen LogP contribution is 2.29. The molecule has 1 aromatic rings. The van der Waals surface area contributed by atoms with Crippen LogP contribution in [0.15, 0.2) is 11.7 Å². The molecule has 0 aromatic carbocycles. The molecule has 0 saturated heterocycles. The lowest BCUT2D eigenvalue weighted by molar-refractivity contribution is 0.281. The van der Waals surface area contributed by atoms with Crippen molar-refractivity contribution in [3.63, 3.8) is 0 Å². The number of hydrogen-bond acceptors (Lipinski definition) is 3. The predicted octanol–water partition coefficient (Wildman–Crippen LogP) is 3.63. The second-order valence-electron chi connectivity index (χ2n) is 5.10. The molecule has 0 saturated carbocycles. The lowest BCUT2D eigenvalue weighted by Gasteiger charge is -2.34. The summed E-state index contributed by atoms with van der Waals surface area (Å²) in [5.74, 6) is 0.622. The number of aromatic nitrogens is 1. The fourth-order valence-corrected chi connectivity index (χ4v) is 2.38. The monoisotopic (exact) mass is 212 g/mol. The van der Waals surface area contributed by atoms with E-state index in [1.165, 1.54) is 5.00 Å². The first-order valence-electron chi connectivity index (χ1n) is 5.06. The van der Waals surface area contributed by atoms with E-state index < -0.39 is 0 Å². The molecule has 1 rings (SSSR count). The number of hydrogen-bond donors (Lipinski definition) is 1. The van der Waals surface area contributed by atoms with Gasteiger partial charge in [-0.05, 0) is 11.3 Å². The van der Waals surface area contributed by atoms with Gasteiger partial charge in [0.25, 0.3) is 0 Å². The standard InChI is InChI=1S/C11H20N2S/c1-8(2)10(11(3,4)5)13-9-6-12-7-14-9/h6-8,10,13H,1-5H3. The molecule has 1 heterocycles. The maximum Gasteiger partial charge on any atom is 0.109 e. The largest absolute Gasteiger partial charge is 0.372 e. The van der Waals surface area contributed by atoms with Crippen molar-refractivity contribution in [1.29, 1.82) is 0 Å². The van der Waals surface area contributed by atoms with E-state index in [1.54, 1.807) is 11.3 Å². The highest BCUT2D eigenvalue weighted by Gasteiger charge is 2.27. The molecule has 0 aliphatic heterocycles. The molecule has 1 aromatic heterocycles. The highest BCUT2D eigenvalue weighted by atomic mass is 32.1. The van der Waals surface area contributed by atoms with Gasteiger partial charge in [0.05, 0.1) is 11.7 Å². The number of nitrogens with one attached hydrogen (secondary N) is 1. The summed E-state index contributed by atoms with van der Waals surface area (Å²) in [6, 6.07) is 0.489. The van der Waals surface area contributed by atoms with Crippen LogP contribution in [0.1, 0.15) is 34.6 Å². The van der Waals surface area contributed by atoms with Gasteiger partial charge in [0, 0.05) is 6.04 Å². The first kappa shape index (κ1) is 11.5. The fraction of sp³-hybridized carbons (Fsp3) is 0.727. The van der Waals surface area contributed by atoms with Crippen molar-refractivity contribution in [2.75, 3.05) is 5.32 Å². The number of nitrogens with zero attached hydrogens (tertiary/aromatic N) is 1. The zero-order valence-corrected chi connectivity index (χ0v) is 10.5. The quantitative estimate of drug-likeness (QED) is 0.827. The van der Waals surface area contributed by atoms with Crippen LogP contribution >= 0.6 is 11.3 Å². The van der Waals surface area contributed by atoms with Gasteiger partial charge in [0.1, 0.15) is 5.00 Å². The molecule has 0 aliphatic carbocycles. The lowest BCUT2D eigenvalue weighted by Crippen LogP contribution is -2.38. The topological polar surface area (TPSA) is 24.9 Å². The van der Waals surface area contributed by atoms with Crippen LogP contribution < -0.4 is 5.32 Å². The van der Waals surface area contributed by atoms with Gasteiger partial charge < -0.3 is 5.32 Å². The van der Waals surface area contributed by atoms with Crippen molar-refractivity contribution in [2.45, 2.75) is 40.7 Å². The summed E-state index contributed by atoms with van der Waals surface area (Å²) < 4.78 is 0. The minimum Gasteiger partial charge on any atom is -0.372 e. The molecule has 80 valence electrons. The fourth-order valence-electron chi connectivity index (χ4n) is 1.82. The predicted molar refractivity (Wildman–Crippen MR) is 63.8 cm³/mol. The average molecular weight is 212 g/mol. The van der Waals surface area contributed by atoms with E-state index in [4.69, 9.17) is 0 Å². The van der Waals surface area contributed by atoms with E-state index in [0.29, 0.717) is 12.0 Å². The van der Waals surface area contributed by atoms with Crippen molar-refractivity contribution in [2.24, 2.45) is 11.3 Å². The highest BCUT2D eigenvalue weighted by molar-refractivity contribution is 7.13. The minimum absolute atomic E-state index is 0.276. The van der Waals surface area contributed by atoms with Crippen molar-refractivity contribution in [3.05, 3.63) is 11.7 Å². The normalized spacial score (nSPS) is 14.4. The molecule has 0 radical (unpaired) electrons. The van der Waals surface area contributed by atoms with Crippen LogP contribution in [-0.4, -0.2) is 11.0 Å². The average Bonchev–Trinajstić information content (AvgIpc) is 2.48. The third kappa shape index (κ3) is 2.98. The summed E-state index contributed by atoms with van der Waals surface area (Å²) in [4.78, 5) is 4.07. The van der Waals surface area contributed by atoms with E-state index in [0.717, 1.165) is 0 Å². The van der Waals surface area contributed by atoms with Crippen LogP contribution in [0.25, 0.3) is 0 Å². The molecule has 0 aliphatic rings. The summed E-state index contributed by atoms with van der Waals surface area (Å²) >= 11 is 1.66. The first-order chi connectivity index (χ1) is 6.41. The van der Waals surface area contributed by atoms with Gasteiger partial charge in [-0.15, -0.1) is 11.3 Å². The lowest BCUT2D eigenvalue weighted by atomic mass is 9.80. The van der Waals surface area contributed by atoms with Gasteiger partial charge in [-0.25, -0.2) is 0 Å². The third-order valence-electron chi connectivity index (χ3n) is 2.33. The van der Waals surface area contributed by atoms with Gasteiger partial charge in [-0.2, -0.15) is 0 Å². The maximum absolute atomic E-state index is 4.07. The van der Waals surface area contributed by atoms with Crippen LogP contribution in [0.2, 0.25) is 0 Å². The molecule has 0 bridgehead atoms. The van der Waals surface area contributed by atoms with Gasteiger partial charge in [-0.1, -0.05) is 34.6 Å². The Morgan fingerprint density at radius 2 is 2.00 bits per heavy atom. The van der Waals surface area contributed by atoms with Crippen molar-refractivity contribution < 1.29 is 0 Å². The Bertz CT molecular complexity index is 259. The van der Waals surface area contributed by atoms with Crippen molar-refractivity contribution >= 4 is 16.3 Å². The maximum atomic E-state index is 4.07. The van der Waals surface area contributed by atoms with Crippen LogP contribution in [0, 0.1) is 11.3 Å². The first-order valence-corrected chi connectivity index (χ1v) is 5.94. The summed E-state index contributed by atoms with van der Waals surface area (Å²) in [5, 5.41) is 4.72. The zero-order valence-electron chi connectivity index (χ0n) is 9.66. The molecular formula is C11H20N2S. The van der Waals surface area contributed by atoms with Gasteiger partial charge in [0.15, 0.2) is 0 Å². The summed E-state index contributed by atoms with van der Waals surface area (Å²) in [5.41, 5.74) is 2.14. The van der Waals surface area contributed by atoms with Gasteiger partial charge in [-0.3, -0.25) is 4.98 Å². The van der Waals surface area contributed by atoms with Crippen LogP contribution in [0.5, 0.6) is 0 Å². The molecule has 14 heavy (non-hydrogen) atoms. The Morgan fingerprint density at radius 3 is 2.36 bits per heavy atom. The van der Waals surface area contributed by atoms with Crippen molar-refractivity contribution in [3.8, 4) is 0 Å². The summed E-state index contributed by atoms with van der Waals surface area (Å²) in [6.45, 7) is 11.3. The second kappa shape index (κ2) is 4.30. The molecule has 0 spiro atoms. The van der Waals surface area contributed by atoms with Gasteiger partial charge >= 0.3 is 0 Å². The van der Waals surface area contributed by atoms with E-state index in [9.17, 15) is 0 Å². The Kier molecular flexibility index (Phi) is 3.53. The second-order valence-corrected chi connectivity index (χ2v) is 5.98. The van der Waals surface area contributed by atoms with E-state index in [1.807, 2.05) is 11.7 Å². The Labute approximate surface area is 90.8 Å². The van der Waals surface area contributed by atoms with Crippen LogP contribution in [0.3, 0.4) is 0 Å². The molecule has 0 fully saturated rings. The zero-order chi connectivity index (χ0) is 10.8. The molecule has 2 nitrogen and oxygen atoms in total. The number of thiazole rings is 1.